The Morgan fingerprint density at radius 3 is 2.04 bits per heavy atom. The van der Waals surface area contributed by atoms with E-state index in [1.165, 1.54) is 21.5 Å². The Kier molecular flexibility index (Phi) is 6.20. The monoisotopic (exact) mass is 639 g/mol. The second kappa shape index (κ2) is 10.9. The number of aromatic nitrogens is 2. The number of benzene rings is 7. The molecule has 0 saturated heterocycles. The zero-order valence-corrected chi connectivity index (χ0v) is 27.4. The van der Waals surface area contributed by atoms with Crippen LogP contribution in [0.15, 0.2) is 168 Å². The normalized spacial score (nSPS) is 11.8. The quantitative estimate of drug-likeness (QED) is 0.179. The summed E-state index contributed by atoms with van der Waals surface area (Å²) >= 11 is 0. The van der Waals surface area contributed by atoms with E-state index in [2.05, 4.69) is 160 Å². The molecule has 227 valence electrons. The van der Waals surface area contributed by atoms with Crippen molar-refractivity contribution in [2.75, 3.05) is 0 Å². The predicted molar refractivity (Wildman–Crippen MR) is 205 cm³/mol. The number of para-hydroxylation sites is 1. The molecule has 7 aromatic carbocycles. The Morgan fingerprint density at radius 1 is 0.449 bits per heavy atom. The fraction of sp³-hybridized carbons (Fsp3) is 0. The first-order valence-electron chi connectivity index (χ1n) is 16.5. The molecule has 10 rings (SSSR count). The summed E-state index contributed by atoms with van der Waals surface area (Å²) in [5, 5.41) is 8.13. The van der Waals surface area contributed by atoms with Crippen LogP contribution < -0.4 is 5.19 Å². The summed E-state index contributed by atoms with van der Waals surface area (Å²) in [6.45, 7) is 0. The highest BCUT2D eigenvalue weighted by Crippen LogP contribution is 2.40. The molecule has 49 heavy (non-hydrogen) atoms. The number of rotatable bonds is 4. The van der Waals surface area contributed by atoms with Gasteiger partial charge < -0.3 is 4.42 Å². The Morgan fingerprint density at radius 2 is 1.16 bits per heavy atom. The van der Waals surface area contributed by atoms with E-state index >= 15 is 0 Å². The number of fused-ring (bicyclic) bond motifs is 8. The van der Waals surface area contributed by atoms with Crippen molar-refractivity contribution in [3.05, 3.63) is 164 Å². The van der Waals surface area contributed by atoms with E-state index in [-0.39, 0.29) is 0 Å². The Bertz CT molecular complexity index is 2900. The van der Waals surface area contributed by atoms with Gasteiger partial charge in [-0.05, 0) is 81.6 Å². The molecule has 3 nitrogen and oxygen atoms in total. The van der Waals surface area contributed by atoms with E-state index < -0.39 is 0 Å². The fourth-order valence-corrected chi connectivity index (χ4v) is 7.63. The van der Waals surface area contributed by atoms with Crippen molar-refractivity contribution in [2.45, 2.75) is 0 Å². The number of hydrogen-bond donors (Lipinski definition) is 0. The molecule has 0 aliphatic carbocycles. The smallest absolute Gasteiger partial charge is 0.138 e. The Balaban J connectivity index is 1.26. The lowest BCUT2D eigenvalue weighted by Crippen LogP contribution is -2.03. The van der Waals surface area contributed by atoms with Crippen LogP contribution in [0.1, 0.15) is 0 Å². The molecule has 0 N–H and O–H groups in total. The van der Waals surface area contributed by atoms with Gasteiger partial charge >= 0.3 is 0 Å². The molecule has 0 saturated carbocycles. The maximum atomic E-state index is 6.15. The summed E-state index contributed by atoms with van der Waals surface area (Å²) in [5.74, 6) is 0.880. The summed E-state index contributed by atoms with van der Waals surface area (Å²) in [6.07, 6.45) is 0. The molecule has 3 radical (unpaired) electrons. The van der Waals surface area contributed by atoms with Gasteiger partial charge in [-0.2, -0.15) is 0 Å². The summed E-state index contributed by atoms with van der Waals surface area (Å²) in [4.78, 5) is 5.36. The average Bonchev–Trinajstić information content (AvgIpc) is 3.70. The summed E-state index contributed by atoms with van der Waals surface area (Å²) < 4.78 is 8.48. The van der Waals surface area contributed by atoms with E-state index in [9.17, 15) is 0 Å². The lowest BCUT2D eigenvalue weighted by Gasteiger charge is -2.13. The van der Waals surface area contributed by atoms with Crippen molar-refractivity contribution >= 4 is 69.9 Å². The minimum atomic E-state index is 0.880. The lowest BCUT2D eigenvalue weighted by molar-refractivity contribution is 0.669. The predicted octanol–water partition coefficient (Wildman–Crippen LogP) is 11.0. The van der Waals surface area contributed by atoms with Crippen LogP contribution in [0.2, 0.25) is 0 Å². The molecule has 0 atom stereocenters. The first-order valence-corrected chi connectivity index (χ1v) is 17.0. The highest BCUT2D eigenvalue weighted by Gasteiger charge is 2.19. The second-order valence-corrected chi connectivity index (χ2v) is 13.2. The third kappa shape index (κ3) is 4.53. The van der Waals surface area contributed by atoms with Gasteiger partial charge in [-0.25, -0.2) is 4.98 Å². The van der Waals surface area contributed by atoms with E-state index in [0.717, 1.165) is 77.5 Å². The molecule has 0 fully saturated rings. The van der Waals surface area contributed by atoms with Crippen LogP contribution in [0, 0.1) is 0 Å². The molecule has 0 amide bonds. The molecule has 4 heteroatoms. The number of hydrogen-bond acceptors (Lipinski definition) is 2. The van der Waals surface area contributed by atoms with Gasteiger partial charge in [0.25, 0.3) is 0 Å². The van der Waals surface area contributed by atoms with E-state index in [4.69, 9.17) is 9.40 Å². The molecule has 3 aromatic heterocycles. The molecule has 0 spiro atoms. The van der Waals surface area contributed by atoms with Crippen LogP contribution in [0.25, 0.3) is 93.8 Å². The average molecular weight is 640 g/mol. The zero-order valence-electron chi connectivity index (χ0n) is 26.4. The van der Waals surface area contributed by atoms with Gasteiger partial charge in [0.05, 0.1) is 27.0 Å². The second-order valence-electron chi connectivity index (χ2n) is 12.6. The highest BCUT2D eigenvalue weighted by molar-refractivity contribution is 6.32. The zero-order chi connectivity index (χ0) is 32.5. The molecule has 3 heterocycles. The Labute approximate surface area is 286 Å². The first-order chi connectivity index (χ1) is 24.2. The van der Waals surface area contributed by atoms with Gasteiger partial charge in [-0.3, -0.25) is 4.57 Å². The van der Waals surface area contributed by atoms with Crippen LogP contribution in [-0.2, 0) is 0 Å². The van der Waals surface area contributed by atoms with Gasteiger partial charge in [0, 0.05) is 27.1 Å². The van der Waals surface area contributed by atoms with Crippen LogP contribution in [0.5, 0.6) is 0 Å². The standard InChI is InChI=1S/C45H27N2OSi/c49-34-13-8-12-32(23-34)39-26-33(28-9-2-1-3-10-28)27-44(46-39)47-40-20-18-30(25-38(40)45-35-14-5-4-11-29(35)17-21-41(45)47)31-19-22-43-37(24-31)36-15-6-7-16-42(36)48-43/h1-27H. The van der Waals surface area contributed by atoms with Gasteiger partial charge in [0.2, 0.25) is 0 Å². The van der Waals surface area contributed by atoms with Gasteiger partial charge in [-0.1, -0.05) is 120 Å². The van der Waals surface area contributed by atoms with Crippen molar-refractivity contribution in [3.8, 4) is 39.3 Å². The van der Waals surface area contributed by atoms with Crippen LogP contribution >= 0.6 is 0 Å². The molecule has 0 aliphatic rings. The molecule has 0 bridgehead atoms. The van der Waals surface area contributed by atoms with E-state index in [0.29, 0.717) is 0 Å². The number of nitrogens with zero attached hydrogens (tertiary/aromatic N) is 2. The van der Waals surface area contributed by atoms with Crippen molar-refractivity contribution in [3.63, 3.8) is 0 Å². The van der Waals surface area contributed by atoms with Crippen molar-refractivity contribution in [2.24, 2.45) is 0 Å². The number of furan rings is 1. The largest absolute Gasteiger partial charge is 0.456 e. The van der Waals surface area contributed by atoms with Crippen LogP contribution in [0.4, 0.5) is 0 Å². The fourth-order valence-electron chi connectivity index (χ4n) is 7.38. The van der Waals surface area contributed by atoms with E-state index in [1.807, 2.05) is 18.2 Å². The number of pyridine rings is 1. The van der Waals surface area contributed by atoms with Gasteiger partial charge in [0.15, 0.2) is 0 Å². The van der Waals surface area contributed by atoms with E-state index in [1.54, 1.807) is 0 Å². The molecular formula is C45H27N2OSi. The van der Waals surface area contributed by atoms with Crippen molar-refractivity contribution < 1.29 is 4.42 Å². The SMILES string of the molecule is [Si]c1cccc(-c2cc(-c3ccccc3)cc(-n3c4ccc(-c5ccc6oc7ccccc7c6c5)cc4c4c5ccccc5ccc43)n2)c1. The molecular weight excluding hydrogens is 613 g/mol. The maximum Gasteiger partial charge on any atom is 0.138 e. The third-order valence-electron chi connectivity index (χ3n) is 9.67. The van der Waals surface area contributed by atoms with Crippen LogP contribution in [-0.4, -0.2) is 19.8 Å². The highest BCUT2D eigenvalue weighted by atomic mass is 28.1. The molecule has 10 aromatic rings. The maximum absolute atomic E-state index is 6.15. The molecule has 0 aliphatic heterocycles. The summed E-state index contributed by atoms with van der Waals surface area (Å²) in [7, 11) is 3.74. The van der Waals surface area contributed by atoms with Crippen molar-refractivity contribution in [1.29, 1.82) is 0 Å². The molecule has 0 unspecified atom stereocenters. The minimum Gasteiger partial charge on any atom is -0.456 e. The minimum absolute atomic E-state index is 0.880. The third-order valence-corrected chi connectivity index (χ3v) is 9.98. The van der Waals surface area contributed by atoms with Crippen molar-refractivity contribution in [1.82, 2.24) is 9.55 Å². The van der Waals surface area contributed by atoms with Crippen LogP contribution in [0.3, 0.4) is 0 Å². The first kappa shape index (κ1) is 27.8. The van der Waals surface area contributed by atoms with Gasteiger partial charge in [-0.15, -0.1) is 0 Å². The van der Waals surface area contributed by atoms with Gasteiger partial charge in [0.1, 0.15) is 17.0 Å². The summed E-state index contributed by atoms with van der Waals surface area (Å²) in [6, 6.07) is 58.1. The lowest BCUT2D eigenvalue weighted by atomic mass is 9.99. The summed E-state index contributed by atoms with van der Waals surface area (Å²) in [5.41, 5.74) is 10.6. The Hall–Kier alpha value is -6.23. The topological polar surface area (TPSA) is 31.0 Å².